The summed E-state index contributed by atoms with van der Waals surface area (Å²) in [7, 11) is 0. The highest BCUT2D eigenvalue weighted by atomic mass is 35.5. The van der Waals surface area contributed by atoms with Gasteiger partial charge in [0.1, 0.15) is 0 Å². The van der Waals surface area contributed by atoms with Crippen LogP contribution in [0.2, 0.25) is 0 Å². The molecule has 1 nitrogen and oxygen atoms in total. The number of allylic oxidation sites excluding steroid dienone is 1. The van der Waals surface area contributed by atoms with Gasteiger partial charge in [-0.2, -0.15) is 0 Å². The van der Waals surface area contributed by atoms with Crippen LogP contribution in [-0.4, -0.2) is 6.29 Å². The van der Waals surface area contributed by atoms with E-state index in [9.17, 15) is 4.79 Å². The minimum absolute atomic E-state index is 0.0247. The van der Waals surface area contributed by atoms with Crippen LogP contribution in [0.1, 0.15) is 0 Å². The Morgan fingerprint density at radius 2 is 2.17 bits per heavy atom. The van der Waals surface area contributed by atoms with Crippen LogP contribution in [0.15, 0.2) is 10.6 Å². The topological polar surface area (TPSA) is 17.1 Å². The van der Waals surface area contributed by atoms with Crippen molar-refractivity contribution < 1.29 is 4.79 Å². The van der Waals surface area contributed by atoms with E-state index in [0.29, 0.717) is 6.29 Å². The molecule has 0 atom stereocenters. The molecule has 0 aliphatic rings. The fourth-order valence-corrected chi connectivity index (χ4v) is 0.0772. The summed E-state index contributed by atoms with van der Waals surface area (Å²) in [6.45, 7) is 0. The van der Waals surface area contributed by atoms with Crippen molar-refractivity contribution in [2.75, 3.05) is 0 Å². The highest BCUT2D eigenvalue weighted by molar-refractivity contribution is 6.43. The van der Waals surface area contributed by atoms with Crippen LogP contribution in [0.25, 0.3) is 0 Å². The first-order chi connectivity index (χ1) is 2.81. The molecule has 0 aromatic carbocycles. The molecular weight excluding hydrogens is 123 g/mol. The summed E-state index contributed by atoms with van der Waals surface area (Å²) >= 11 is 9.94. The molecule has 3 heteroatoms. The van der Waals surface area contributed by atoms with Gasteiger partial charge < -0.3 is 0 Å². The van der Waals surface area contributed by atoms with Gasteiger partial charge in [0, 0.05) is 5.54 Å². The van der Waals surface area contributed by atoms with E-state index in [1.54, 1.807) is 0 Å². The molecule has 0 saturated heterocycles. The van der Waals surface area contributed by atoms with Gasteiger partial charge in [0.25, 0.3) is 0 Å². The quantitative estimate of drug-likeness (QED) is 0.383. The molecular formula is C3H2Cl2O. The van der Waals surface area contributed by atoms with Crippen molar-refractivity contribution in [2.45, 2.75) is 0 Å². The molecule has 0 aliphatic heterocycles. The Morgan fingerprint density at radius 1 is 1.67 bits per heavy atom. The Hall–Kier alpha value is -0.0100. The molecule has 6 heavy (non-hydrogen) atoms. The standard InChI is InChI=1S/C3H2Cl2O/c4-1-3(5)2-6/h1-2H/b3-1+. The summed E-state index contributed by atoms with van der Waals surface area (Å²) in [6.07, 6.45) is 0.467. The van der Waals surface area contributed by atoms with Gasteiger partial charge in [0.2, 0.25) is 0 Å². The van der Waals surface area contributed by atoms with E-state index in [2.05, 4.69) is 0 Å². The first-order valence-electron chi connectivity index (χ1n) is 1.22. The molecule has 0 spiro atoms. The molecule has 0 aromatic rings. The predicted molar refractivity (Wildman–Crippen MR) is 25.9 cm³/mol. The fourth-order valence-electron chi connectivity index (χ4n) is 0.0257. The third kappa shape index (κ3) is 2.24. The first kappa shape index (κ1) is 5.99. The Labute approximate surface area is 45.5 Å². The van der Waals surface area contributed by atoms with Crippen molar-refractivity contribution >= 4 is 29.5 Å². The van der Waals surface area contributed by atoms with Crippen molar-refractivity contribution in [3.05, 3.63) is 10.6 Å². The number of hydrogen-bond donors (Lipinski definition) is 0. The lowest BCUT2D eigenvalue weighted by atomic mass is 10.7. The van der Waals surface area contributed by atoms with Crippen molar-refractivity contribution in [1.29, 1.82) is 0 Å². The fraction of sp³-hybridized carbons (Fsp3) is 0. The summed E-state index contributed by atoms with van der Waals surface area (Å²) in [5.41, 5.74) is 1.01. The van der Waals surface area contributed by atoms with Gasteiger partial charge in [-0.25, -0.2) is 0 Å². The summed E-state index contributed by atoms with van der Waals surface area (Å²) < 4.78 is 0. The van der Waals surface area contributed by atoms with E-state index in [1.807, 2.05) is 0 Å². The molecule has 34 valence electrons. The molecule has 0 N–H and O–H groups in total. The van der Waals surface area contributed by atoms with Crippen LogP contribution in [0, 0.1) is 0 Å². The third-order valence-electron chi connectivity index (χ3n) is 0.217. The van der Waals surface area contributed by atoms with Crippen LogP contribution >= 0.6 is 23.2 Å². The summed E-state index contributed by atoms with van der Waals surface area (Å²) in [4.78, 5) is 9.45. The Bertz CT molecular complexity index is 76.9. The smallest absolute Gasteiger partial charge is 0.162 e. The lowest BCUT2D eigenvalue weighted by molar-refractivity contribution is -0.104. The highest BCUT2D eigenvalue weighted by Gasteiger charge is 1.78. The minimum Gasteiger partial charge on any atom is -0.297 e. The first-order valence-corrected chi connectivity index (χ1v) is 2.03. The second-order valence-corrected chi connectivity index (χ2v) is 1.27. The Kier molecular flexibility index (Phi) is 3.19. The number of carbonyl (C=O) groups excluding carboxylic acids is 1. The molecule has 0 aliphatic carbocycles. The van der Waals surface area contributed by atoms with E-state index in [0.717, 1.165) is 5.54 Å². The monoisotopic (exact) mass is 124 g/mol. The van der Waals surface area contributed by atoms with E-state index in [1.165, 1.54) is 0 Å². The van der Waals surface area contributed by atoms with Crippen molar-refractivity contribution in [1.82, 2.24) is 0 Å². The number of aldehydes is 1. The van der Waals surface area contributed by atoms with Crippen molar-refractivity contribution in [2.24, 2.45) is 0 Å². The van der Waals surface area contributed by atoms with Crippen LogP contribution in [0.5, 0.6) is 0 Å². The van der Waals surface area contributed by atoms with Crippen LogP contribution in [-0.2, 0) is 4.79 Å². The van der Waals surface area contributed by atoms with Gasteiger partial charge >= 0.3 is 0 Å². The normalized spacial score (nSPS) is 11.3. The highest BCUT2D eigenvalue weighted by Crippen LogP contribution is 1.95. The van der Waals surface area contributed by atoms with Crippen LogP contribution in [0.3, 0.4) is 0 Å². The number of halogens is 2. The van der Waals surface area contributed by atoms with E-state index < -0.39 is 0 Å². The lowest BCUT2D eigenvalue weighted by Crippen LogP contribution is -1.63. The molecule has 0 amide bonds. The lowest BCUT2D eigenvalue weighted by Gasteiger charge is -1.68. The zero-order valence-corrected chi connectivity index (χ0v) is 4.33. The van der Waals surface area contributed by atoms with Crippen LogP contribution < -0.4 is 0 Å². The average Bonchev–Trinajstić information content (AvgIpc) is 1.65. The maximum absolute atomic E-state index is 9.45. The van der Waals surface area contributed by atoms with Gasteiger partial charge in [0.15, 0.2) is 6.29 Å². The van der Waals surface area contributed by atoms with E-state index in [4.69, 9.17) is 23.2 Å². The summed E-state index contributed by atoms with van der Waals surface area (Å²) in [5.74, 6) is 0. The maximum atomic E-state index is 9.45. The number of rotatable bonds is 1. The van der Waals surface area contributed by atoms with E-state index >= 15 is 0 Å². The SMILES string of the molecule is O=C/C(Cl)=C\Cl. The molecule has 0 bridgehead atoms. The van der Waals surface area contributed by atoms with Crippen LogP contribution in [0.4, 0.5) is 0 Å². The Balaban J connectivity index is 3.50. The Morgan fingerprint density at radius 3 is 2.17 bits per heavy atom. The predicted octanol–water partition coefficient (Wildman–Crippen LogP) is 1.50. The summed E-state index contributed by atoms with van der Waals surface area (Å²) in [5, 5.41) is 0.0247. The summed E-state index contributed by atoms with van der Waals surface area (Å²) in [6, 6.07) is 0. The molecule has 0 unspecified atom stereocenters. The number of carbonyl (C=O) groups is 1. The van der Waals surface area contributed by atoms with Gasteiger partial charge in [-0.1, -0.05) is 23.2 Å². The zero-order chi connectivity index (χ0) is 4.99. The maximum Gasteiger partial charge on any atom is 0.162 e. The minimum atomic E-state index is 0.0247. The largest absolute Gasteiger partial charge is 0.297 e. The second-order valence-electron chi connectivity index (χ2n) is 0.612. The molecule has 0 radical (unpaired) electrons. The van der Waals surface area contributed by atoms with Gasteiger partial charge in [-0.05, 0) is 0 Å². The van der Waals surface area contributed by atoms with Gasteiger partial charge in [0.05, 0.1) is 5.03 Å². The molecule has 0 aromatic heterocycles. The molecule has 0 heterocycles. The zero-order valence-electron chi connectivity index (χ0n) is 2.82. The molecule has 0 fully saturated rings. The van der Waals surface area contributed by atoms with Crippen molar-refractivity contribution in [3.8, 4) is 0 Å². The third-order valence-corrected chi connectivity index (χ3v) is 0.762. The molecule has 0 saturated carbocycles. The van der Waals surface area contributed by atoms with E-state index in [-0.39, 0.29) is 5.03 Å². The second kappa shape index (κ2) is 3.19. The average molecular weight is 125 g/mol. The number of hydrogen-bond acceptors (Lipinski definition) is 1. The van der Waals surface area contributed by atoms with Crippen molar-refractivity contribution in [3.63, 3.8) is 0 Å². The van der Waals surface area contributed by atoms with Gasteiger partial charge in [-0.3, -0.25) is 4.79 Å². The van der Waals surface area contributed by atoms with Gasteiger partial charge in [-0.15, -0.1) is 0 Å². The molecule has 0 rings (SSSR count).